The van der Waals surface area contributed by atoms with E-state index in [2.05, 4.69) is 20.4 Å². The molecule has 0 aromatic carbocycles. The van der Waals surface area contributed by atoms with Gasteiger partial charge in [-0.25, -0.2) is 0 Å². The lowest BCUT2D eigenvalue weighted by molar-refractivity contribution is 1.24. The van der Waals surface area contributed by atoms with Gasteiger partial charge in [0.25, 0.3) is 0 Å². The molecule has 0 nitrogen and oxygen atoms in total. The average molecular weight is 255 g/mol. The predicted octanol–water partition coefficient (Wildman–Crippen LogP) is 5.47. The lowest BCUT2D eigenvalue weighted by Gasteiger charge is -2.13. The summed E-state index contributed by atoms with van der Waals surface area (Å²) in [6, 6.07) is 0. The van der Waals surface area contributed by atoms with Crippen molar-refractivity contribution >= 4 is 23.2 Å². The van der Waals surface area contributed by atoms with E-state index in [4.69, 9.17) is 23.2 Å². The van der Waals surface area contributed by atoms with Gasteiger partial charge in [0.15, 0.2) is 0 Å². The number of halogens is 2. The molecule has 1 aliphatic rings. The van der Waals surface area contributed by atoms with Gasteiger partial charge in [-0.2, -0.15) is 0 Å². The third kappa shape index (κ3) is 2.90. The van der Waals surface area contributed by atoms with E-state index in [9.17, 15) is 0 Å². The normalized spacial score (nSPS) is 15.7. The standard InChI is InChI=1S/C14H16Cl2/c1-9(2)10(3)11(4)14-12(15)7-5-6-8-13(14)16/h5,7-8H,4,6H2,1-3H3. The first-order chi connectivity index (χ1) is 7.45. The van der Waals surface area contributed by atoms with Crippen LogP contribution in [0, 0.1) is 0 Å². The second-order valence-corrected chi connectivity index (χ2v) is 4.83. The molecule has 0 radical (unpaired) electrons. The molecule has 0 heterocycles. The Balaban J connectivity index is 3.26. The largest absolute Gasteiger partial charge is 0.0908 e. The van der Waals surface area contributed by atoms with Crippen molar-refractivity contribution < 1.29 is 0 Å². The molecule has 0 saturated carbocycles. The summed E-state index contributed by atoms with van der Waals surface area (Å²) in [5.74, 6) is 0. The van der Waals surface area contributed by atoms with Gasteiger partial charge in [0.2, 0.25) is 0 Å². The zero-order chi connectivity index (χ0) is 12.3. The van der Waals surface area contributed by atoms with Crippen molar-refractivity contribution in [1.82, 2.24) is 0 Å². The van der Waals surface area contributed by atoms with Crippen LogP contribution in [0.5, 0.6) is 0 Å². The number of allylic oxidation sites excluding steroid dienone is 9. The second kappa shape index (κ2) is 5.56. The van der Waals surface area contributed by atoms with Gasteiger partial charge in [0.05, 0.1) is 0 Å². The Bertz CT molecular complexity index is 428. The van der Waals surface area contributed by atoms with Crippen LogP contribution >= 0.6 is 23.2 Å². The van der Waals surface area contributed by atoms with E-state index in [1.807, 2.05) is 25.2 Å². The maximum atomic E-state index is 6.22. The molecule has 0 bridgehead atoms. The van der Waals surface area contributed by atoms with Crippen LogP contribution < -0.4 is 0 Å². The van der Waals surface area contributed by atoms with Crippen LogP contribution in [0.25, 0.3) is 0 Å². The Hall–Kier alpha value is -0.720. The SMILES string of the molecule is C=C(C(C)=C(C)C)C1=C(Cl)C=CCC=C1Cl. The Morgan fingerprint density at radius 2 is 1.88 bits per heavy atom. The van der Waals surface area contributed by atoms with Gasteiger partial charge in [-0.15, -0.1) is 0 Å². The van der Waals surface area contributed by atoms with E-state index in [1.165, 1.54) is 5.57 Å². The van der Waals surface area contributed by atoms with Crippen molar-refractivity contribution in [1.29, 1.82) is 0 Å². The van der Waals surface area contributed by atoms with Crippen molar-refractivity contribution in [2.75, 3.05) is 0 Å². The molecular formula is C14H16Cl2. The monoisotopic (exact) mass is 254 g/mol. The number of hydrogen-bond acceptors (Lipinski definition) is 0. The highest BCUT2D eigenvalue weighted by Gasteiger charge is 2.14. The minimum absolute atomic E-state index is 0.657. The Labute approximate surface area is 108 Å². The summed E-state index contributed by atoms with van der Waals surface area (Å²) in [4.78, 5) is 0. The fourth-order valence-electron chi connectivity index (χ4n) is 1.42. The number of rotatable bonds is 2. The van der Waals surface area contributed by atoms with Crippen LogP contribution in [0.2, 0.25) is 0 Å². The van der Waals surface area contributed by atoms with Crippen LogP contribution in [-0.2, 0) is 0 Å². The van der Waals surface area contributed by atoms with Crippen LogP contribution in [0.4, 0.5) is 0 Å². The summed E-state index contributed by atoms with van der Waals surface area (Å²) in [6.07, 6.45) is 6.63. The Morgan fingerprint density at radius 1 is 1.25 bits per heavy atom. The highest BCUT2D eigenvalue weighted by molar-refractivity contribution is 6.37. The summed E-state index contributed by atoms with van der Waals surface area (Å²) in [7, 11) is 0. The predicted molar refractivity (Wildman–Crippen MR) is 73.8 cm³/mol. The maximum Gasteiger partial charge on any atom is 0.0496 e. The van der Waals surface area contributed by atoms with E-state index in [0.29, 0.717) is 10.1 Å². The fraction of sp³-hybridized carbons (Fsp3) is 0.286. The van der Waals surface area contributed by atoms with Gasteiger partial charge in [0.1, 0.15) is 0 Å². The van der Waals surface area contributed by atoms with Gasteiger partial charge in [0, 0.05) is 15.6 Å². The van der Waals surface area contributed by atoms with Gasteiger partial charge in [-0.3, -0.25) is 0 Å². The quantitative estimate of drug-likeness (QED) is 0.573. The molecule has 0 saturated heterocycles. The average Bonchev–Trinajstić information content (AvgIpc) is 2.38. The van der Waals surface area contributed by atoms with E-state index >= 15 is 0 Å². The molecule has 0 atom stereocenters. The van der Waals surface area contributed by atoms with Crippen LogP contribution in [-0.4, -0.2) is 0 Å². The second-order valence-electron chi connectivity index (χ2n) is 4.02. The molecule has 0 aromatic rings. The third-order valence-electron chi connectivity index (χ3n) is 2.68. The molecule has 0 N–H and O–H groups in total. The fourth-order valence-corrected chi connectivity index (χ4v) is 2.08. The van der Waals surface area contributed by atoms with Crippen molar-refractivity contribution in [3.8, 4) is 0 Å². The van der Waals surface area contributed by atoms with E-state index < -0.39 is 0 Å². The summed E-state index contributed by atoms with van der Waals surface area (Å²) in [6.45, 7) is 10.2. The zero-order valence-corrected chi connectivity index (χ0v) is 11.4. The molecule has 0 spiro atoms. The third-order valence-corrected chi connectivity index (χ3v) is 3.34. The summed E-state index contributed by atoms with van der Waals surface area (Å²) in [5, 5.41) is 1.34. The van der Waals surface area contributed by atoms with E-state index in [0.717, 1.165) is 23.1 Å². The van der Waals surface area contributed by atoms with Crippen LogP contribution in [0.15, 0.2) is 57.2 Å². The summed E-state index contributed by atoms with van der Waals surface area (Å²) in [5.41, 5.74) is 4.10. The molecule has 0 amide bonds. The molecule has 0 fully saturated rings. The summed E-state index contributed by atoms with van der Waals surface area (Å²) < 4.78 is 0. The molecule has 2 heteroatoms. The lowest BCUT2D eigenvalue weighted by atomic mass is 9.96. The van der Waals surface area contributed by atoms with Crippen molar-refractivity contribution in [2.45, 2.75) is 27.2 Å². The maximum absolute atomic E-state index is 6.22. The lowest BCUT2D eigenvalue weighted by Crippen LogP contribution is -1.94. The van der Waals surface area contributed by atoms with Gasteiger partial charge in [-0.05, 0) is 44.4 Å². The molecule has 0 unspecified atom stereocenters. The first-order valence-electron chi connectivity index (χ1n) is 5.21. The van der Waals surface area contributed by atoms with E-state index in [-0.39, 0.29) is 0 Å². The molecular weight excluding hydrogens is 239 g/mol. The Morgan fingerprint density at radius 3 is 2.44 bits per heavy atom. The molecule has 1 rings (SSSR count). The minimum Gasteiger partial charge on any atom is -0.0908 e. The Kier molecular flexibility index (Phi) is 4.64. The first kappa shape index (κ1) is 13.3. The molecule has 0 aromatic heterocycles. The highest BCUT2D eigenvalue weighted by Crippen LogP contribution is 2.34. The highest BCUT2D eigenvalue weighted by atomic mass is 35.5. The number of hydrogen-bond donors (Lipinski definition) is 0. The van der Waals surface area contributed by atoms with Crippen LogP contribution in [0.3, 0.4) is 0 Å². The minimum atomic E-state index is 0.657. The first-order valence-corrected chi connectivity index (χ1v) is 5.96. The van der Waals surface area contributed by atoms with Crippen LogP contribution in [0.1, 0.15) is 27.2 Å². The van der Waals surface area contributed by atoms with Gasteiger partial charge in [-0.1, -0.05) is 47.5 Å². The van der Waals surface area contributed by atoms with Crippen molar-refractivity contribution in [3.05, 3.63) is 57.2 Å². The zero-order valence-electron chi connectivity index (χ0n) is 9.90. The van der Waals surface area contributed by atoms with Crippen molar-refractivity contribution in [2.24, 2.45) is 0 Å². The molecule has 0 aliphatic heterocycles. The smallest absolute Gasteiger partial charge is 0.0496 e. The van der Waals surface area contributed by atoms with E-state index in [1.54, 1.807) is 0 Å². The molecule has 1 aliphatic carbocycles. The summed E-state index contributed by atoms with van der Waals surface area (Å²) >= 11 is 12.4. The van der Waals surface area contributed by atoms with Gasteiger partial charge < -0.3 is 0 Å². The van der Waals surface area contributed by atoms with Gasteiger partial charge >= 0.3 is 0 Å². The topological polar surface area (TPSA) is 0 Å². The molecule has 16 heavy (non-hydrogen) atoms. The molecule has 86 valence electrons. The van der Waals surface area contributed by atoms with Crippen molar-refractivity contribution in [3.63, 3.8) is 0 Å².